The van der Waals surface area contributed by atoms with Crippen molar-refractivity contribution >= 4 is 28.7 Å². The molecule has 2 heterocycles. The number of ether oxygens (including phenoxy) is 1. The van der Waals surface area contributed by atoms with Crippen molar-refractivity contribution in [3.63, 3.8) is 0 Å². The van der Waals surface area contributed by atoms with Gasteiger partial charge in [-0.05, 0) is 56.2 Å². The van der Waals surface area contributed by atoms with E-state index in [1.54, 1.807) is 37.8 Å². The summed E-state index contributed by atoms with van der Waals surface area (Å²) in [6, 6.07) is -2.25. The predicted octanol–water partition coefficient (Wildman–Crippen LogP) is 3.99. The van der Waals surface area contributed by atoms with Crippen LogP contribution in [-0.2, 0) is 4.74 Å². The standard InChI is InChI=1S/C14H19F3IN3O2/c1-13(2,3)23-12(22)20-5-4-10(6-11(20)14(15,16)17)21-8-9(18)7-19-21/h7-8,10-11H,4-6H2,1-3H3. The number of rotatable bonds is 1. The number of alkyl halides is 3. The summed E-state index contributed by atoms with van der Waals surface area (Å²) in [6.45, 7) is 4.88. The summed E-state index contributed by atoms with van der Waals surface area (Å²) < 4.78 is 47.7. The van der Waals surface area contributed by atoms with Crippen LogP contribution in [0, 0.1) is 3.57 Å². The molecule has 0 N–H and O–H groups in total. The minimum atomic E-state index is -4.50. The Morgan fingerprint density at radius 2 is 2.04 bits per heavy atom. The van der Waals surface area contributed by atoms with Crippen molar-refractivity contribution < 1.29 is 22.7 Å². The smallest absolute Gasteiger partial charge is 0.410 e. The molecule has 0 bridgehead atoms. The van der Waals surface area contributed by atoms with E-state index in [0.29, 0.717) is 6.42 Å². The predicted molar refractivity (Wildman–Crippen MR) is 86.0 cm³/mol. The van der Waals surface area contributed by atoms with E-state index in [1.165, 1.54) is 0 Å². The van der Waals surface area contributed by atoms with Gasteiger partial charge in [-0.3, -0.25) is 9.58 Å². The van der Waals surface area contributed by atoms with Crippen LogP contribution in [0.3, 0.4) is 0 Å². The average Bonchev–Trinajstić information content (AvgIpc) is 2.81. The van der Waals surface area contributed by atoms with Crippen molar-refractivity contribution in [1.82, 2.24) is 14.7 Å². The maximum atomic E-state index is 13.4. The van der Waals surface area contributed by atoms with Gasteiger partial charge < -0.3 is 4.74 Å². The van der Waals surface area contributed by atoms with Gasteiger partial charge in [0.2, 0.25) is 0 Å². The van der Waals surface area contributed by atoms with Crippen molar-refractivity contribution in [2.24, 2.45) is 0 Å². The summed E-state index contributed by atoms with van der Waals surface area (Å²) in [4.78, 5) is 12.9. The van der Waals surface area contributed by atoms with Crippen molar-refractivity contribution in [2.45, 2.75) is 57.5 Å². The maximum absolute atomic E-state index is 13.4. The monoisotopic (exact) mass is 445 g/mol. The van der Waals surface area contributed by atoms with Crippen LogP contribution in [0.25, 0.3) is 0 Å². The molecule has 0 saturated carbocycles. The van der Waals surface area contributed by atoms with Crippen LogP contribution in [0.2, 0.25) is 0 Å². The highest BCUT2D eigenvalue weighted by Gasteiger charge is 2.50. The second kappa shape index (κ2) is 6.48. The lowest BCUT2D eigenvalue weighted by atomic mass is 9.97. The number of nitrogens with zero attached hydrogens (tertiary/aromatic N) is 3. The van der Waals surface area contributed by atoms with E-state index in [1.807, 2.05) is 0 Å². The molecule has 1 fully saturated rings. The molecular weight excluding hydrogens is 426 g/mol. The zero-order chi connectivity index (χ0) is 17.4. The van der Waals surface area contributed by atoms with Crippen molar-refractivity contribution in [3.05, 3.63) is 16.0 Å². The minimum absolute atomic E-state index is 0.0137. The topological polar surface area (TPSA) is 47.4 Å². The third kappa shape index (κ3) is 4.74. The number of piperidine rings is 1. The molecule has 5 nitrogen and oxygen atoms in total. The van der Waals surface area contributed by atoms with Gasteiger partial charge in [0.05, 0.1) is 15.8 Å². The van der Waals surface area contributed by atoms with Gasteiger partial charge in [-0.1, -0.05) is 0 Å². The normalized spacial score (nSPS) is 23.0. The lowest BCUT2D eigenvalue weighted by Crippen LogP contribution is -2.54. The fraction of sp³-hybridized carbons (Fsp3) is 0.714. The molecule has 0 radical (unpaired) electrons. The Hall–Kier alpha value is -1.00. The highest BCUT2D eigenvalue weighted by atomic mass is 127. The van der Waals surface area contributed by atoms with Crippen LogP contribution in [-0.4, -0.2) is 45.1 Å². The molecular formula is C14H19F3IN3O2. The molecule has 130 valence electrons. The molecule has 1 aromatic rings. The second-order valence-corrected chi connectivity index (χ2v) is 7.79. The van der Waals surface area contributed by atoms with E-state index in [0.717, 1.165) is 8.47 Å². The van der Waals surface area contributed by atoms with E-state index in [2.05, 4.69) is 27.7 Å². The molecule has 1 amide bonds. The van der Waals surface area contributed by atoms with E-state index < -0.39 is 23.9 Å². The van der Waals surface area contributed by atoms with Gasteiger partial charge in [-0.25, -0.2) is 4.79 Å². The first-order valence-electron chi connectivity index (χ1n) is 7.23. The zero-order valence-electron chi connectivity index (χ0n) is 13.1. The van der Waals surface area contributed by atoms with Gasteiger partial charge in [0.1, 0.15) is 11.6 Å². The van der Waals surface area contributed by atoms with E-state index >= 15 is 0 Å². The van der Waals surface area contributed by atoms with Crippen LogP contribution in [0.15, 0.2) is 12.4 Å². The Bertz CT molecular complexity index is 568. The molecule has 0 aromatic carbocycles. The Kier molecular flexibility index (Phi) is 5.17. The first kappa shape index (κ1) is 18.3. The van der Waals surface area contributed by atoms with Gasteiger partial charge >= 0.3 is 12.3 Å². The summed E-state index contributed by atoms with van der Waals surface area (Å²) in [7, 11) is 0. The molecule has 1 aromatic heterocycles. The third-order valence-electron chi connectivity index (χ3n) is 3.52. The number of amides is 1. The Balaban J connectivity index is 2.17. The lowest BCUT2D eigenvalue weighted by molar-refractivity contribution is -0.191. The van der Waals surface area contributed by atoms with Crippen LogP contribution >= 0.6 is 22.6 Å². The molecule has 1 aliphatic rings. The zero-order valence-corrected chi connectivity index (χ0v) is 15.3. The van der Waals surface area contributed by atoms with E-state index in [9.17, 15) is 18.0 Å². The van der Waals surface area contributed by atoms with E-state index in [-0.39, 0.29) is 19.0 Å². The molecule has 0 aliphatic carbocycles. The van der Waals surface area contributed by atoms with Crippen molar-refractivity contribution in [1.29, 1.82) is 0 Å². The fourth-order valence-corrected chi connectivity index (χ4v) is 2.96. The highest BCUT2D eigenvalue weighted by Crippen LogP contribution is 2.37. The molecule has 0 spiro atoms. The maximum Gasteiger partial charge on any atom is 0.410 e. The fourth-order valence-electron chi connectivity index (χ4n) is 2.55. The largest absolute Gasteiger partial charge is 0.444 e. The number of carbonyl (C=O) groups is 1. The first-order valence-corrected chi connectivity index (χ1v) is 8.31. The number of hydrogen-bond acceptors (Lipinski definition) is 3. The summed E-state index contributed by atoms with van der Waals surface area (Å²) >= 11 is 2.06. The number of aromatic nitrogens is 2. The molecule has 2 atom stereocenters. The highest BCUT2D eigenvalue weighted by molar-refractivity contribution is 14.1. The van der Waals surface area contributed by atoms with Gasteiger partial charge in [0.25, 0.3) is 0 Å². The molecule has 9 heteroatoms. The first-order chi connectivity index (χ1) is 10.5. The Labute approximate surface area is 146 Å². The van der Waals surface area contributed by atoms with Crippen molar-refractivity contribution in [3.8, 4) is 0 Å². The number of carbonyl (C=O) groups excluding carboxylic acids is 1. The molecule has 1 aliphatic heterocycles. The van der Waals surface area contributed by atoms with E-state index in [4.69, 9.17) is 4.74 Å². The van der Waals surface area contributed by atoms with Gasteiger partial charge in [0.15, 0.2) is 0 Å². The number of likely N-dealkylation sites (tertiary alicyclic amines) is 1. The summed E-state index contributed by atoms with van der Waals surface area (Å²) in [5.41, 5.74) is -0.831. The second-order valence-electron chi connectivity index (χ2n) is 6.55. The van der Waals surface area contributed by atoms with Crippen LogP contribution in [0.5, 0.6) is 0 Å². The number of hydrogen-bond donors (Lipinski definition) is 0. The molecule has 2 rings (SSSR count). The van der Waals surface area contributed by atoms with Crippen LogP contribution < -0.4 is 0 Å². The molecule has 1 saturated heterocycles. The minimum Gasteiger partial charge on any atom is -0.444 e. The van der Waals surface area contributed by atoms with Gasteiger partial charge in [-0.2, -0.15) is 18.3 Å². The quantitative estimate of drug-likeness (QED) is 0.615. The lowest BCUT2D eigenvalue weighted by Gasteiger charge is -2.40. The van der Waals surface area contributed by atoms with Crippen LogP contribution in [0.4, 0.5) is 18.0 Å². The van der Waals surface area contributed by atoms with Gasteiger partial charge in [0, 0.05) is 12.7 Å². The summed E-state index contributed by atoms with van der Waals surface area (Å²) in [5.74, 6) is 0. The summed E-state index contributed by atoms with van der Waals surface area (Å²) in [6.07, 6.45) is -1.93. The Morgan fingerprint density at radius 1 is 1.39 bits per heavy atom. The van der Waals surface area contributed by atoms with Gasteiger partial charge in [-0.15, -0.1) is 0 Å². The summed E-state index contributed by atoms with van der Waals surface area (Å²) in [5, 5.41) is 4.09. The van der Waals surface area contributed by atoms with Crippen molar-refractivity contribution in [2.75, 3.05) is 6.54 Å². The Morgan fingerprint density at radius 3 is 2.52 bits per heavy atom. The average molecular weight is 445 g/mol. The molecule has 23 heavy (non-hydrogen) atoms. The van der Waals surface area contributed by atoms with Crippen LogP contribution in [0.1, 0.15) is 39.7 Å². The SMILES string of the molecule is CC(C)(C)OC(=O)N1CCC(n2cc(I)cn2)CC1C(F)(F)F. The molecule has 2 unspecified atom stereocenters. The third-order valence-corrected chi connectivity index (χ3v) is 4.08. The number of halogens is 4.